The van der Waals surface area contributed by atoms with E-state index in [1.54, 1.807) is 13.3 Å². The molecule has 0 aliphatic rings. The second kappa shape index (κ2) is 7.87. The first-order valence-electron chi connectivity index (χ1n) is 7.66. The van der Waals surface area contributed by atoms with Crippen LogP contribution in [-0.4, -0.2) is 28.0 Å². The lowest BCUT2D eigenvalue weighted by Gasteiger charge is -2.10. The molecule has 0 aliphatic heterocycles. The van der Waals surface area contributed by atoms with Crippen molar-refractivity contribution < 1.29 is 9.53 Å². The quantitative estimate of drug-likeness (QED) is 0.720. The molecule has 0 bridgehead atoms. The number of para-hydroxylation sites is 2. The van der Waals surface area contributed by atoms with Gasteiger partial charge in [-0.05, 0) is 24.3 Å². The molecule has 0 unspecified atom stereocenters. The fraction of sp³-hybridized carbons (Fsp3) is 0.111. The topological polar surface area (TPSA) is 89.0 Å². The van der Waals surface area contributed by atoms with Crippen molar-refractivity contribution >= 4 is 17.4 Å². The van der Waals surface area contributed by atoms with Crippen molar-refractivity contribution in [2.24, 2.45) is 0 Å². The summed E-state index contributed by atoms with van der Waals surface area (Å²) in [6, 6.07) is 13.0. The molecule has 25 heavy (non-hydrogen) atoms. The minimum atomic E-state index is -0.304. The number of aromatic nitrogens is 3. The van der Waals surface area contributed by atoms with E-state index in [1.165, 1.54) is 12.4 Å². The summed E-state index contributed by atoms with van der Waals surface area (Å²) < 4.78 is 5.27. The third-order valence-electron chi connectivity index (χ3n) is 3.41. The molecule has 7 nitrogen and oxygen atoms in total. The van der Waals surface area contributed by atoms with Crippen LogP contribution in [0.5, 0.6) is 5.75 Å². The molecule has 126 valence electrons. The van der Waals surface area contributed by atoms with Crippen molar-refractivity contribution in [2.45, 2.75) is 6.54 Å². The summed E-state index contributed by atoms with van der Waals surface area (Å²) in [4.78, 5) is 24.6. The molecule has 2 N–H and O–H groups in total. The van der Waals surface area contributed by atoms with Gasteiger partial charge in [-0.15, -0.1) is 0 Å². The zero-order valence-corrected chi connectivity index (χ0v) is 13.6. The van der Waals surface area contributed by atoms with Crippen LogP contribution in [-0.2, 0) is 6.54 Å². The molecule has 7 heteroatoms. The van der Waals surface area contributed by atoms with Gasteiger partial charge in [-0.25, -0.2) is 9.97 Å². The first kappa shape index (κ1) is 16.4. The van der Waals surface area contributed by atoms with E-state index in [2.05, 4.69) is 25.6 Å². The monoisotopic (exact) mass is 335 g/mol. The Morgan fingerprint density at radius 3 is 2.60 bits per heavy atom. The zero-order chi connectivity index (χ0) is 17.5. The van der Waals surface area contributed by atoms with Gasteiger partial charge in [0.25, 0.3) is 5.91 Å². The maximum absolute atomic E-state index is 12.1. The molecule has 3 aromatic rings. The number of carbonyl (C=O) groups excluding carboxylic acids is 1. The van der Waals surface area contributed by atoms with E-state index < -0.39 is 0 Å². The average Bonchev–Trinajstić information content (AvgIpc) is 2.68. The lowest BCUT2D eigenvalue weighted by molar-refractivity contribution is 0.0945. The Bertz CT molecular complexity index is 838. The average molecular weight is 335 g/mol. The van der Waals surface area contributed by atoms with Gasteiger partial charge in [0.15, 0.2) is 0 Å². The number of pyridine rings is 1. The molecule has 1 aromatic carbocycles. The summed E-state index contributed by atoms with van der Waals surface area (Å²) in [6.07, 6.45) is 4.60. The molecule has 0 spiro atoms. The largest absolute Gasteiger partial charge is 0.495 e. The second-order valence-corrected chi connectivity index (χ2v) is 5.12. The molecule has 2 heterocycles. The van der Waals surface area contributed by atoms with Gasteiger partial charge in [-0.3, -0.25) is 9.78 Å². The fourth-order valence-electron chi connectivity index (χ4n) is 2.16. The van der Waals surface area contributed by atoms with Crippen molar-refractivity contribution in [1.29, 1.82) is 0 Å². The number of nitrogens with one attached hydrogen (secondary N) is 2. The number of nitrogens with zero attached hydrogens (tertiary/aromatic N) is 3. The minimum absolute atomic E-state index is 0.238. The van der Waals surface area contributed by atoms with Crippen LogP contribution in [0.1, 0.15) is 16.2 Å². The van der Waals surface area contributed by atoms with Gasteiger partial charge < -0.3 is 15.4 Å². The Labute approximate surface area is 145 Å². The third kappa shape index (κ3) is 4.29. The van der Waals surface area contributed by atoms with Crippen molar-refractivity contribution in [1.82, 2.24) is 20.3 Å². The third-order valence-corrected chi connectivity index (χ3v) is 3.41. The maximum Gasteiger partial charge on any atom is 0.271 e. The molecule has 2 aromatic heterocycles. The highest BCUT2D eigenvalue weighted by Crippen LogP contribution is 2.25. The van der Waals surface area contributed by atoms with Crippen molar-refractivity contribution in [3.8, 4) is 5.75 Å². The van der Waals surface area contributed by atoms with Gasteiger partial charge in [-0.2, -0.15) is 0 Å². The lowest BCUT2D eigenvalue weighted by Crippen LogP contribution is -2.24. The number of rotatable bonds is 6. The van der Waals surface area contributed by atoms with Gasteiger partial charge in [0.2, 0.25) is 0 Å². The molecule has 0 saturated carbocycles. The van der Waals surface area contributed by atoms with Gasteiger partial charge in [-0.1, -0.05) is 18.2 Å². The van der Waals surface area contributed by atoms with Crippen molar-refractivity contribution in [3.63, 3.8) is 0 Å². The molecular formula is C18H17N5O2. The summed E-state index contributed by atoms with van der Waals surface area (Å²) in [5, 5.41) is 5.87. The van der Waals surface area contributed by atoms with Crippen LogP contribution in [0.3, 0.4) is 0 Å². The molecular weight excluding hydrogens is 318 g/mol. The number of amides is 1. The van der Waals surface area contributed by atoms with Crippen molar-refractivity contribution in [2.75, 3.05) is 12.4 Å². The highest BCUT2D eigenvalue weighted by atomic mass is 16.5. The van der Waals surface area contributed by atoms with Gasteiger partial charge in [0.1, 0.15) is 17.3 Å². The summed E-state index contributed by atoms with van der Waals surface area (Å²) in [6.45, 7) is 0.336. The SMILES string of the molecule is COc1ccccc1Nc1cnc(C(=O)NCc2ccccn2)cn1. The van der Waals surface area contributed by atoms with Gasteiger partial charge >= 0.3 is 0 Å². The number of benzene rings is 1. The number of anilines is 2. The lowest BCUT2D eigenvalue weighted by atomic mass is 10.3. The van der Waals surface area contributed by atoms with Crippen LogP contribution in [0, 0.1) is 0 Å². The summed E-state index contributed by atoms with van der Waals surface area (Å²) in [5.74, 6) is 0.911. The van der Waals surface area contributed by atoms with E-state index in [0.29, 0.717) is 18.1 Å². The highest BCUT2D eigenvalue weighted by molar-refractivity contribution is 5.92. The van der Waals surface area contributed by atoms with Crippen LogP contribution in [0.2, 0.25) is 0 Å². The molecule has 1 amide bonds. The number of hydrogen-bond donors (Lipinski definition) is 2. The minimum Gasteiger partial charge on any atom is -0.495 e. The number of methoxy groups -OCH3 is 1. The molecule has 0 atom stereocenters. The highest BCUT2D eigenvalue weighted by Gasteiger charge is 2.09. The predicted molar refractivity (Wildman–Crippen MR) is 93.7 cm³/mol. The summed E-state index contributed by atoms with van der Waals surface area (Å²) in [7, 11) is 1.60. The Kier molecular flexibility index (Phi) is 5.16. The number of carbonyl (C=O) groups is 1. The van der Waals surface area contributed by atoms with E-state index in [1.807, 2.05) is 42.5 Å². The normalized spacial score (nSPS) is 10.1. The molecule has 0 radical (unpaired) electrons. The Morgan fingerprint density at radius 2 is 1.88 bits per heavy atom. The Balaban J connectivity index is 1.62. The van der Waals surface area contributed by atoms with Crippen LogP contribution >= 0.6 is 0 Å². The van der Waals surface area contributed by atoms with Crippen molar-refractivity contribution in [3.05, 3.63) is 72.4 Å². The second-order valence-electron chi connectivity index (χ2n) is 5.12. The van der Waals surface area contributed by atoms with Crippen LogP contribution in [0.25, 0.3) is 0 Å². The molecule has 3 rings (SSSR count). The molecule has 0 saturated heterocycles. The standard InChI is InChI=1S/C18H17N5O2/c1-25-16-8-3-2-7-14(16)23-17-12-20-15(11-21-17)18(24)22-10-13-6-4-5-9-19-13/h2-9,11-12H,10H2,1H3,(H,21,23)(H,22,24). The summed E-state index contributed by atoms with van der Waals surface area (Å²) in [5.41, 5.74) is 1.78. The number of hydrogen-bond acceptors (Lipinski definition) is 6. The van der Waals surface area contributed by atoms with E-state index in [-0.39, 0.29) is 11.6 Å². The fourth-order valence-corrected chi connectivity index (χ4v) is 2.16. The van der Waals surface area contributed by atoms with E-state index >= 15 is 0 Å². The van der Waals surface area contributed by atoms with Crippen LogP contribution in [0.15, 0.2) is 61.1 Å². The van der Waals surface area contributed by atoms with Gasteiger partial charge in [0, 0.05) is 6.20 Å². The molecule has 0 fully saturated rings. The Morgan fingerprint density at radius 1 is 1.04 bits per heavy atom. The number of ether oxygens (including phenoxy) is 1. The van der Waals surface area contributed by atoms with E-state index in [4.69, 9.17) is 4.74 Å². The van der Waals surface area contributed by atoms with Gasteiger partial charge in [0.05, 0.1) is 37.4 Å². The zero-order valence-electron chi connectivity index (χ0n) is 13.6. The first-order chi connectivity index (χ1) is 12.3. The first-order valence-corrected chi connectivity index (χ1v) is 7.66. The van der Waals surface area contributed by atoms with E-state index in [9.17, 15) is 4.79 Å². The van der Waals surface area contributed by atoms with Crippen LogP contribution in [0.4, 0.5) is 11.5 Å². The molecule has 0 aliphatic carbocycles. The predicted octanol–water partition coefficient (Wildman–Crippen LogP) is 2.55. The Hall–Kier alpha value is -3.48. The smallest absolute Gasteiger partial charge is 0.271 e. The van der Waals surface area contributed by atoms with E-state index in [0.717, 1.165) is 11.4 Å². The van der Waals surface area contributed by atoms with Crippen LogP contribution < -0.4 is 15.4 Å². The maximum atomic E-state index is 12.1. The summed E-state index contributed by atoms with van der Waals surface area (Å²) >= 11 is 0.